The Morgan fingerprint density at radius 3 is 2.86 bits per heavy atom. The lowest BCUT2D eigenvalue weighted by molar-refractivity contribution is 0.597. The van der Waals surface area contributed by atoms with Gasteiger partial charge in [-0.05, 0) is 49.1 Å². The Bertz CT molecular complexity index is 799. The molecule has 0 amide bonds. The number of fused-ring (bicyclic) bond motifs is 1. The number of nitrogens with two attached hydrogens (primary N) is 1. The average Bonchev–Trinajstić information content (AvgIpc) is 2.91. The zero-order valence-electron chi connectivity index (χ0n) is 11.4. The third-order valence-corrected chi connectivity index (χ3v) is 6.08. The van der Waals surface area contributed by atoms with E-state index >= 15 is 0 Å². The summed E-state index contributed by atoms with van der Waals surface area (Å²) in [6, 6.07) is 7.38. The highest BCUT2D eigenvalue weighted by Crippen LogP contribution is 2.41. The molecule has 0 saturated carbocycles. The number of halogens is 1. The molecule has 1 aromatic heterocycles. The highest BCUT2D eigenvalue weighted by Gasteiger charge is 2.25. The molecule has 0 fully saturated rings. The molecule has 0 spiro atoms. The van der Waals surface area contributed by atoms with E-state index in [9.17, 15) is 8.42 Å². The van der Waals surface area contributed by atoms with Crippen LogP contribution in [0.3, 0.4) is 0 Å². The Hall–Kier alpha value is -1.08. The summed E-state index contributed by atoms with van der Waals surface area (Å²) in [6.45, 7) is 1.73. The van der Waals surface area contributed by atoms with Gasteiger partial charge >= 0.3 is 0 Å². The molecule has 1 aromatic carbocycles. The average molecular weight is 343 g/mol. The molecule has 0 saturated heterocycles. The minimum Gasteiger partial charge on any atom is -0.378 e. The van der Waals surface area contributed by atoms with E-state index in [0.29, 0.717) is 5.56 Å². The second kappa shape index (κ2) is 5.28. The minimum atomic E-state index is -3.71. The summed E-state index contributed by atoms with van der Waals surface area (Å²) in [5.41, 5.74) is 2.61. The number of primary sulfonamides is 1. The van der Waals surface area contributed by atoms with Crippen LogP contribution in [0.1, 0.15) is 28.5 Å². The first-order valence-corrected chi connectivity index (χ1v) is 9.27. The molecule has 0 aliphatic heterocycles. The van der Waals surface area contributed by atoms with Gasteiger partial charge < -0.3 is 5.32 Å². The van der Waals surface area contributed by atoms with Crippen molar-refractivity contribution in [2.24, 2.45) is 5.14 Å². The van der Waals surface area contributed by atoms with E-state index in [2.05, 4.69) is 5.32 Å². The van der Waals surface area contributed by atoms with Gasteiger partial charge in [0.05, 0.1) is 15.3 Å². The van der Waals surface area contributed by atoms with Crippen molar-refractivity contribution in [1.82, 2.24) is 0 Å². The van der Waals surface area contributed by atoms with Gasteiger partial charge in [-0.25, -0.2) is 13.6 Å². The zero-order valence-corrected chi connectivity index (χ0v) is 13.8. The molecule has 4 nitrogen and oxygen atoms in total. The highest BCUT2D eigenvalue weighted by atomic mass is 35.5. The first-order chi connectivity index (χ1) is 9.84. The van der Waals surface area contributed by atoms with Crippen LogP contribution in [-0.4, -0.2) is 8.42 Å². The minimum absolute atomic E-state index is 0.161. The SMILES string of the molecule is Cc1ccc(NC2CCc3sc(Cl)cc32)cc1S(N)(=O)=O. The van der Waals surface area contributed by atoms with Crippen LogP contribution in [0, 0.1) is 6.92 Å². The van der Waals surface area contributed by atoms with Gasteiger partial charge in [0.25, 0.3) is 0 Å². The monoisotopic (exact) mass is 342 g/mol. The summed E-state index contributed by atoms with van der Waals surface area (Å²) in [5.74, 6) is 0. The van der Waals surface area contributed by atoms with Crippen LogP contribution < -0.4 is 10.5 Å². The quantitative estimate of drug-likeness (QED) is 0.897. The molecule has 3 rings (SSSR count). The van der Waals surface area contributed by atoms with Crippen LogP contribution in [0.15, 0.2) is 29.2 Å². The molecule has 2 aromatic rings. The maximum atomic E-state index is 11.6. The Kier molecular flexibility index (Phi) is 3.73. The predicted octanol–water partition coefficient (Wildman–Crippen LogP) is 3.46. The molecule has 0 radical (unpaired) electrons. The number of hydrogen-bond donors (Lipinski definition) is 2. The molecule has 21 heavy (non-hydrogen) atoms. The van der Waals surface area contributed by atoms with Crippen molar-refractivity contribution >= 4 is 38.6 Å². The van der Waals surface area contributed by atoms with Crippen LogP contribution >= 0.6 is 22.9 Å². The first kappa shape index (κ1) is 14.8. The maximum Gasteiger partial charge on any atom is 0.238 e. The van der Waals surface area contributed by atoms with Gasteiger partial charge in [-0.15, -0.1) is 11.3 Å². The largest absolute Gasteiger partial charge is 0.378 e. The van der Waals surface area contributed by atoms with E-state index in [1.54, 1.807) is 30.4 Å². The second-order valence-electron chi connectivity index (χ2n) is 5.19. The summed E-state index contributed by atoms with van der Waals surface area (Å²) in [6.07, 6.45) is 1.98. The van der Waals surface area contributed by atoms with Crippen molar-refractivity contribution in [3.63, 3.8) is 0 Å². The van der Waals surface area contributed by atoms with Crippen molar-refractivity contribution in [1.29, 1.82) is 0 Å². The molecule has 1 aliphatic rings. The third-order valence-electron chi connectivity index (χ3n) is 3.68. The Morgan fingerprint density at radius 2 is 2.14 bits per heavy atom. The second-order valence-corrected chi connectivity index (χ2v) is 8.49. The van der Waals surface area contributed by atoms with Gasteiger partial charge in [-0.2, -0.15) is 0 Å². The van der Waals surface area contributed by atoms with Crippen LogP contribution in [0.4, 0.5) is 5.69 Å². The highest BCUT2D eigenvalue weighted by molar-refractivity contribution is 7.89. The maximum absolute atomic E-state index is 11.6. The topological polar surface area (TPSA) is 72.2 Å². The van der Waals surface area contributed by atoms with E-state index in [0.717, 1.165) is 22.9 Å². The van der Waals surface area contributed by atoms with E-state index in [1.165, 1.54) is 10.4 Å². The number of aryl methyl sites for hydroxylation is 2. The number of hydrogen-bond acceptors (Lipinski definition) is 4. The fourth-order valence-electron chi connectivity index (χ4n) is 2.68. The van der Waals surface area contributed by atoms with E-state index in [1.807, 2.05) is 12.1 Å². The number of benzene rings is 1. The van der Waals surface area contributed by atoms with E-state index < -0.39 is 10.0 Å². The molecule has 1 atom stereocenters. The number of nitrogens with one attached hydrogen (secondary N) is 1. The molecular weight excluding hydrogens is 328 g/mol. The van der Waals surface area contributed by atoms with Crippen molar-refractivity contribution < 1.29 is 8.42 Å². The van der Waals surface area contributed by atoms with Gasteiger partial charge in [0.2, 0.25) is 10.0 Å². The Balaban J connectivity index is 1.90. The lowest BCUT2D eigenvalue weighted by atomic mass is 10.1. The van der Waals surface area contributed by atoms with Gasteiger partial charge in [-0.1, -0.05) is 17.7 Å². The molecule has 0 bridgehead atoms. The molecule has 112 valence electrons. The Labute approximate surface area is 133 Å². The molecule has 3 N–H and O–H groups in total. The van der Waals surface area contributed by atoms with Crippen LogP contribution in [-0.2, 0) is 16.4 Å². The molecule has 1 heterocycles. The van der Waals surface area contributed by atoms with Crippen molar-refractivity contribution in [3.8, 4) is 0 Å². The first-order valence-electron chi connectivity index (χ1n) is 6.52. The van der Waals surface area contributed by atoms with Crippen LogP contribution in [0.25, 0.3) is 0 Å². The standard InChI is InChI=1S/C14H15ClN2O2S2/c1-8-2-3-9(6-13(8)21(16,18)19)17-11-4-5-12-10(11)7-14(15)20-12/h2-3,6-7,11,17H,4-5H2,1H3,(H2,16,18,19). The molecular formula is C14H15ClN2O2S2. The fraction of sp³-hybridized carbons (Fsp3) is 0.286. The van der Waals surface area contributed by atoms with Crippen molar-refractivity contribution in [2.45, 2.75) is 30.7 Å². The summed E-state index contributed by atoms with van der Waals surface area (Å²) in [4.78, 5) is 1.46. The third kappa shape index (κ3) is 2.94. The van der Waals surface area contributed by atoms with Gasteiger partial charge in [-0.3, -0.25) is 0 Å². The van der Waals surface area contributed by atoms with E-state index in [4.69, 9.17) is 16.7 Å². The molecule has 1 unspecified atom stereocenters. The number of thiophene rings is 1. The summed E-state index contributed by atoms with van der Waals surface area (Å²) >= 11 is 7.66. The van der Waals surface area contributed by atoms with Gasteiger partial charge in [0.15, 0.2) is 0 Å². The smallest absolute Gasteiger partial charge is 0.238 e. The predicted molar refractivity (Wildman–Crippen MR) is 86.6 cm³/mol. The Morgan fingerprint density at radius 1 is 1.38 bits per heavy atom. The zero-order chi connectivity index (χ0) is 15.2. The van der Waals surface area contributed by atoms with Crippen molar-refractivity contribution in [2.75, 3.05) is 5.32 Å². The van der Waals surface area contributed by atoms with Crippen LogP contribution in [0.2, 0.25) is 4.34 Å². The normalized spacial score (nSPS) is 17.8. The molecule has 1 aliphatic carbocycles. The summed E-state index contributed by atoms with van der Waals surface area (Å²) in [7, 11) is -3.71. The summed E-state index contributed by atoms with van der Waals surface area (Å²) in [5, 5.41) is 8.62. The fourth-order valence-corrected chi connectivity index (χ4v) is 4.84. The number of rotatable bonds is 3. The van der Waals surface area contributed by atoms with Crippen LogP contribution in [0.5, 0.6) is 0 Å². The van der Waals surface area contributed by atoms with Crippen molar-refractivity contribution in [3.05, 3.63) is 44.6 Å². The summed E-state index contributed by atoms with van der Waals surface area (Å²) < 4.78 is 24.0. The van der Waals surface area contributed by atoms with E-state index in [-0.39, 0.29) is 10.9 Å². The molecule has 7 heteroatoms. The number of sulfonamides is 1. The number of anilines is 1. The van der Waals surface area contributed by atoms with Gasteiger partial charge in [0.1, 0.15) is 0 Å². The lowest BCUT2D eigenvalue weighted by Crippen LogP contribution is -2.14. The van der Waals surface area contributed by atoms with Gasteiger partial charge in [0, 0.05) is 10.6 Å². The lowest BCUT2D eigenvalue weighted by Gasteiger charge is -2.16.